The van der Waals surface area contributed by atoms with Gasteiger partial charge in [-0.1, -0.05) is 0 Å². The highest BCUT2D eigenvalue weighted by molar-refractivity contribution is 5.57. The third-order valence-electron chi connectivity index (χ3n) is 3.69. The van der Waals surface area contributed by atoms with Gasteiger partial charge in [0.15, 0.2) is 0 Å². The van der Waals surface area contributed by atoms with E-state index in [1.54, 1.807) is 0 Å². The lowest BCUT2D eigenvalue weighted by Crippen LogP contribution is -2.46. The van der Waals surface area contributed by atoms with Crippen LogP contribution in [-0.4, -0.2) is 47.5 Å². The number of ether oxygens (including phenoxy) is 1. The summed E-state index contributed by atoms with van der Waals surface area (Å²) in [7, 11) is 1.92. The summed E-state index contributed by atoms with van der Waals surface area (Å²) >= 11 is 0. The van der Waals surface area contributed by atoms with Crippen LogP contribution in [0.25, 0.3) is 0 Å². The number of aromatic nitrogens is 2. The molecule has 0 saturated carbocycles. The zero-order valence-electron chi connectivity index (χ0n) is 12.3. The van der Waals surface area contributed by atoms with E-state index in [-0.39, 0.29) is 0 Å². The number of hydrazine groups is 1. The molecular formula is C13H23N5O2. The number of nitrogen functional groups attached to an aromatic ring is 1. The number of anilines is 2. The van der Waals surface area contributed by atoms with Crippen molar-refractivity contribution in [3.8, 4) is 0 Å². The number of nitrogens with one attached hydrogen (secondary N) is 1. The van der Waals surface area contributed by atoms with E-state index in [9.17, 15) is 5.11 Å². The molecule has 1 saturated heterocycles. The summed E-state index contributed by atoms with van der Waals surface area (Å²) in [6, 6.07) is 0. The average Bonchev–Trinajstić information content (AvgIpc) is 2.41. The number of rotatable bonds is 4. The van der Waals surface area contributed by atoms with Crippen molar-refractivity contribution in [2.75, 3.05) is 37.1 Å². The van der Waals surface area contributed by atoms with Crippen LogP contribution in [0.15, 0.2) is 0 Å². The summed E-state index contributed by atoms with van der Waals surface area (Å²) < 4.78 is 5.30. The Morgan fingerprint density at radius 1 is 1.35 bits per heavy atom. The Morgan fingerprint density at radius 3 is 2.60 bits per heavy atom. The standard InChI is InChI=1S/C13H23N5O2/c1-9-11(17-14)15-10(2)16-12(9)18(3)8-13(19)4-6-20-7-5-13/h19H,4-8,14H2,1-3H3,(H,15,16,17). The number of nitrogens with two attached hydrogens (primary N) is 1. The Hall–Kier alpha value is -1.44. The molecule has 1 aliphatic heterocycles. The van der Waals surface area contributed by atoms with Gasteiger partial charge >= 0.3 is 0 Å². The molecule has 1 aromatic rings. The smallest absolute Gasteiger partial charge is 0.148 e. The molecule has 1 aromatic heterocycles. The van der Waals surface area contributed by atoms with Crippen molar-refractivity contribution < 1.29 is 9.84 Å². The van der Waals surface area contributed by atoms with E-state index in [1.807, 2.05) is 25.8 Å². The number of likely N-dealkylation sites (N-methyl/N-ethyl adjacent to an activating group) is 1. The predicted molar refractivity (Wildman–Crippen MR) is 77.6 cm³/mol. The van der Waals surface area contributed by atoms with Crippen LogP contribution in [0, 0.1) is 13.8 Å². The van der Waals surface area contributed by atoms with E-state index in [4.69, 9.17) is 10.6 Å². The largest absolute Gasteiger partial charge is 0.388 e. The molecule has 0 spiro atoms. The van der Waals surface area contributed by atoms with Crippen LogP contribution < -0.4 is 16.2 Å². The fourth-order valence-corrected chi connectivity index (χ4v) is 2.55. The van der Waals surface area contributed by atoms with Gasteiger partial charge < -0.3 is 20.2 Å². The molecule has 0 aliphatic carbocycles. The average molecular weight is 281 g/mol. The SMILES string of the molecule is Cc1nc(NN)c(C)c(N(C)CC2(O)CCOCC2)n1. The third kappa shape index (κ3) is 3.17. The molecule has 4 N–H and O–H groups in total. The van der Waals surface area contributed by atoms with E-state index in [0.29, 0.717) is 44.2 Å². The number of aliphatic hydroxyl groups is 1. The van der Waals surface area contributed by atoms with Gasteiger partial charge in [-0.2, -0.15) is 0 Å². The van der Waals surface area contributed by atoms with Gasteiger partial charge in [-0.05, 0) is 13.8 Å². The monoisotopic (exact) mass is 281 g/mol. The third-order valence-corrected chi connectivity index (χ3v) is 3.69. The Balaban J connectivity index is 2.20. The highest BCUT2D eigenvalue weighted by Gasteiger charge is 2.32. The van der Waals surface area contributed by atoms with Crippen molar-refractivity contribution in [2.24, 2.45) is 5.84 Å². The van der Waals surface area contributed by atoms with Gasteiger partial charge in [0.2, 0.25) is 0 Å². The van der Waals surface area contributed by atoms with Crippen LogP contribution in [0.2, 0.25) is 0 Å². The zero-order chi connectivity index (χ0) is 14.8. The van der Waals surface area contributed by atoms with Gasteiger partial charge in [-0.25, -0.2) is 15.8 Å². The maximum atomic E-state index is 10.6. The molecule has 1 fully saturated rings. The quantitative estimate of drug-likeness (QED) is 0.541. The van der Waals surface area contributed by atoms with Crippen LogP contribution >= 0.6 is 0 Å². The first-order valence-electron chi connectivity index (χ1n) is 6.78. The van der Waals surface area contributed by atoms with Crippen LogP contribution in [0.4, 0.5) is 11.6 Å². The molecule has 112 valence electrons. The van der Waals surface area contributed by atoms with Crippen molar-refractivity contribution in [1.82, 2.24) is 9.97 Å². The highest BCUT2D eigenvalue weighted by atomic mass is 16.5. The summed E-state index contributed by atoms with van der Waals surface area (Å²) in [5.41, 5.74) is 2.73. The summed E-state index contributed by atoms with van der Waals surface area (Å²) in [4.78, 5) is 10.7. The minimum absolute atomic E-state index is 0.512. The minimum atomic E-state index is -0.728. The molecule has 0 aromatic carbocycles. The fourth-order valence-electron chi connectivity index (χ4n) is 2.55. The number of hydrogen-bond donors (Lipinski definition) is 3. The summed E-state index contributed by atoms with van der Waals surface area (Å²) in [6.07, 6.45) is 1.28. The van der Waals surface area contributed by atoms with Gasteiger partial charge in [-0.15, -0.1) is 0 Å². The van der Waals surface area contributed by atoms with E-state index in [2.05, 4.69) is 15.4 Å². The lowest BCUT2D eigenvalue weighted by atomic mass is 9.94. The van der Waals surface area contributed by atoms with Crippen molar-refractivity contribution in [3.05, 3.63) is 11.4 Å². The van der Waals surface area contributed by atoms with Crippen molar-refractivity contribution >= 4 is 11.6 Å². The van der Waals surface area contributed by atoms with E-state index in [1.165, 1.54) is 0 Å². The topological polar surface area (TPSA) is 96.5 Å². The lowest BCUT2D eigenvalue weighted by Gasteiger charge is -2.36. The highest BCUT2D eigenvalue weighted by Crippen LogP contribution is 2.26. The van der Waals surface area contributed by atoms with Gasteiger partial charge in [-0.3, -0.25) is 0 Å². The molecule has 0 bridgehead atoms. The van der Waals surface area contributed by atoms with Crippen molar-refractivity contribution in [3.63, 3.8) is 0 Å². The van der Waals surface area contributed by atoms with Crippen LogP contribution in [0.5, 0.6) is 0 Å². The van der Waals surface area contributed by atoms with Crippen molar-refractivity contribution in [1.29, 1.82) is 0 Å². The molecule has 0 radical (unpaired) electrons. The van der Waals surface area contributed by atoms with Gasteiger partial charge in [0.05, 0.1) is 5.60 Å². The molecule has 2 rings (SSSR count). The summed E-state index contributed by atoms with van der Waals surface area (Å²) in [5.74, 6) is 7.51. The van der Waals surface area contributed by atoms with Crippen LogP contribution in [-0.2, 0) is 4.74 Å². The lowest BCUT2D eigenvalue weighted by molar-refractivity contribution is -0.0573. The molecule has 2 heterocycles. The molecule has 0 amide bonds. The van der Waals surface area contributed by atoms with E-state index in [0.717, 1.165) is 11.4 Å². The normalized spacial score (nSPS) is 17.9. The van der Waals surface area contributed by atoms with Crippen molar-refractivity contribution in [2.45, 2.75) is 32.3 Å². The first kappa shape index (κ1) is 15.0. The first-order chi connectivity index (χ1) is 9.45. The second kappa shape index (κ2) is 5.90. The number of hydrogen-bond acceptors (Lipinski definition) is 7. The molecular weight excluding hydrogens is 258 g/mol. The van der Waals surface area contributed by atoms with Gasteiger partial charge in [0.25, 0.3) is 0 Å². The Morgan fingerprint density at radius 2 is 2.00 bits per heavy atom. The second-order valence-electron chi connectivity index (χ2n) is 5.41. The van der Waals surface area contributed by atoms with Crippen LogP contribution in [0.3, 0.4) is 0 Å². The Labute approximate surface area is 119 Å². The predicted octanol–water partition coefficient (Wildman–Crippen LogP) is 0.357. The maximum absolute atomic E-state index is 10.6. The van der Waals surface area contributed by atoms with E-state index < -0.39 is 5.60 Å². The first-order valence-corrected chi connectivity index (χ1v) is 6.78. The second-order valence-corrected chi connectivity index (χ2v) is 5.41. The molecule has 0 atom stereocenters. The fraction of sp³-hybridized carbons (Fsp3) is 0.692. The number of nitrogens with zero attached hydrogens (tertiary/aromatic N) is 3. The zero-order valence-corrected chi connectivity index (χ0v) is 12.3. The summed E-state index contributed by atoms with van der Waals surface area (Å²) in [5, 5.41) is 10.6. The minimum Gasteiger partial charge on any atom is -0.388 e. The summed E-state index contributed by atoms with van der Waals surface area (Å²) in [6.45, 7) is 5.44. The molecule has 7 nitrogen and oxygen atoms in total. The Bertz CT molecular complexity index is 474. The molecule has 7 heteroatoms. The molecule has 20 heavy (non-hydrogen) atoms. The molecule has 1 aliphatic rings. The maximum Gasteiger partial charge on any atom is 0.148 e. The van der Waals surface area contributed by atoms with Gasteiger partial charge in [0.1, 0.15) is 17.5 Å². The van der Waals surface area contributed by atoms with E-state index >= 15 is 0 Å². The van der Waals surface area contributed by atoms with Crippen LogP contribution in [0.1, 0.15) is 24.2 Å². The molecule has 0 unspecified atom stereocenters. The van der Waals surface area contributed by atoms with Gasteiger partial charge in [0, 0.05) is 45.2 Å². The Kier molecular flexibility index (Phi) is 4.42. The number of aryl methyl sites for hydroxylation is 1.